The van der Waals surface area contributed by atoms with Gasteiger partial charge in [-0.15, -0.1) is 11.3 Å². The molecule has 100 valence electrons. The number of amides is 1. The lowest BCUT2D eigenvalue weighted by Gasteiger charge is -2.17. The quantitative estimate of drug-likeness (QED) is 0.826. The van der Waals surface area contributed by atoms with Gasteiger partial charge < -0.3 is 4.90 Å². The fourth-order valence-corrected chi connectivity index (χ4v) is 2.98. The molecule has 0 atom stereocenters. The van der Waals surface area contributed by atoms with Crippen molar-refractivity contribution in [3.8, 4) is 0 Å². The molecule has 0 aliphatic rings. The molecule has 2 rings (SSSR count). The number of rotatable bonds is 3. The van der Waals surface area contributed by atoms with Crippen molar-refractivity contribution in [2.75, 3.05) is 7.05 Å². The largest absolute Gasteiger partial charge is 0.337 e. The van der Waals surface area contributed by atoms with Gasteiger partial charge in [-0.25, -0.2) is 0 Å². The third kappa shape index (κ3) is 3.37. The second-order valence-corrected chi connectivity index (χ2v) is 6.47. The Morgan fingerprint density at radius 1 is 1.21 bits per heavy atom. The molecule has 0 saturated carbocycles. The highest BCUT2D eigenvalue weighted by molar-refractivity contribution is 7.16. The minimum Gasteiger partial charge on any atom is -0.337 e. The highest BCUT2D eigenvalue weighted by Gasteiger charge is 2.13. The first-order chi connectivity index (χ1) is 8.97. The van der Waals surface area contributed by atoms with Crippen molar-refractivity contribution >= 4 is 28.8 Å². The lowest BCUT2D eigenvalue weighted by Crippen LogP contribution is -2.25. The van der Waals surface area contributed by atoms with Gasteiger partial charge in [0.2, 0.25) is 0 Å². The van der Waals surface area contributed by atoms with E-state index in [1.807, 2.05) is 51.2 Å². The number of benzene rings is 1. The van der Waals surface area contributed by atoms with Gasteiger partial charge in [0.1, 0.15) is 0 Å². The van der Waals surface area contributed by atoms with Gasteiger partial charge in [-0.05, 0) is 49.2 Å². The van der Waals surface area contributed by atoms with Crippen LogP contribution >= 0.6 is 22.9 Å². The summed E-state index contributed by atoms with van der Waals surface area (Å²) in [4.78, 5) is 15.1. The van der Waals surface area contributed by atoms with Gasteiger partial charge in [0.25, 0.3) is 5.91 Å². The van der Waals surface area contributed by atoms with E-state index in [0.717, 1.165) is 20.3 Å². The number of carbonyl (C=O) groups excluding carboxylic acids is 1. The van der Waals surface area contributed by atoms with Crippen LogP contribution < -0.4 is 0 Å². The highest BCUT2D eigenvalue weighted by atomic mass is 35.5. The molecule has 4 heteroatoms. The monoisotopic (exact) mass is 293 g/mol. The van der Waals surface area contributed by atoms with Crippen LogP contribution in [0.25, 0.3) is 0 Å². The molecular weight excluding hydrogens is 278 g/mol. The molecule has 0 aliphatic heterocycles. The maximum Gasteiger partial charge on any atom is 0.253 e. The van der Waals surface area contributed by atoms with Crippen LogP contribution in [0.3, 0.4) is 0 Å². The lowest BCUT2D eigenvalue weighted by atomic mass is 10.1. The van der Waals surface area contributed by atoms with Gasteiger partial charge in [-0.2, -0.15) is 0 Å². The minimum absolute atomic E-state index is 0.0348. The Bertz CT molecular complexity index is 606. The van der Waals surface area contributed by atoms with Crippen molar-refractivity contribution in [2.45, 2.75) is 20.4 Å². The number of aryl methyl sites for hydroxylation is 2. The molecule has 0 spiro atoms. The van der Waals surface area contributed by atoms with E-state index >= 15 is 0 Å². The molecule has 0 radical (unpaired) electrons. The molecule has 1 heterocycles. The molecule has 1 aromatic carbocycles. The first-order valence-electron chi connectivity index (χ1n) is 6.04. The van der Waals surface area contributed by atoms with Crippen molar-refractivity contribution in [2.24, 2.45) is 0 Å². The second-order valence-electron chi connectivity index (χ2n) is 4.67. The first-order valence-corrected chi connectivity index (χ1v) is 7.24. The third-order valence-electron chi connectivity index (χ3n) is 3.12. The molecule has 2 nitrogen and oxygen atoms in total. The normalized spacial score (nSPS) is 10.5. The van der Waals surface area contributed by atoms with E-state index in [1.165, 1.54) is 16.9 Å². The summed E-state index contributed by atoms with van der Waals surface area (Å²) in [6, 6.07) is 9.61. The maximum atomic E-state index is 12.3. The van der Waals surface area contributed by atoms with E-state index in [4.69, 9.17) is 11.6 Å². The Hall–Kier alpha value is -1.32. The van der Waals surface area contributed by atoms with Crippen LogP contribution in [0.5, 0.6) is 0 Å². The molecule has 0 fully saturated rings. The summed E-state index contributed by atoms with van der Waals surface area (Å²) in [5, 5.41) is 0. The number of nitrogens with zero attached hydrogens (tertiary/aromatic N) is 1. The molecule has 0 aliphatic carbocycles. The second kappa shape index (κ2) is 5.76. The Kier molecular flexibility index (Phi) is 4.27. The molecule has 2 aromatic rings. The Morgan fingerprint density at radius 2 is 1.95 bits per heavy atom. The predicted octanol–water partition coefficient (Wildman–Crippen LogP) is 4.29. The van der Waals surface area contributed by atoms with Crippen LogP contribution in [0.15, 0.2) is 30.3 Å². The zero-order chi connectivity index (χ0) is 14.0. The van der Waals surface area contributed by atoms with Crippen molar-refractivity contribution < 1.29 is 4.79 Å². The van der Waals surface area contributed by atoms with Gasteiger partial charge in [0, 0.05) is 17.5 Å². The van der Waals surface area contributed by atoms with Gasteiger partial charge in [0.15, 0.2) is 0 Å². The SMILES string of the molecule is Cc1ccc(C(=O)N(C)Cc2ccc(Cl)s2)cc1C. The van der Waals surface area contributed by atoms with Crippen LogP contribution in [0.2, 0.25) is 4.34 Å². The topological polar surface area (TPSA) is 20.3 Å². The summed E-state index contributed by atoms with van der Waals surface area (Å²) in [7, 11) is 1.81. The number of hydrogen-bond acceptors (Lipinski definition) is 2. The van der Waals surface area contributed by atoms with E-state index in [-0.39, 0.29) is 5.91 Å². The Labute approximate surface area is 122 Å². The first kappa shape index (κ1) is 14.1. The summed E-state index contributed by atoms with van der Waals surface area (Å²) in [5.41, 5.74) is 3.07. The molecule has 0 unspecified atom stereocenters. The molecule has 19 heavy (non-hydrogen) atoms. The third-order valence-corrected chi connectivity index (χ3v) is 4.34. The Morgan fingerprint density at radius 3 is 2.53 bits per heavy atom. The molecule has 1 amide bonds. The smallest absolute Gasteiger partial charge is 0.253 e. The average Bonchev–Trinajstić information content (AvgIpc) is 2.77. The van der Waals surface area contributed by atoms with Gasteiger partial charge in [-0.3, -0.25) is 4.79 Å². The zero-order valence-electron chi connectivity index (χ0n) is 11.2. The summed E-state index contributed by atoms with van der Waals surface area (Å²) in [5.74, 6) is 0.0348. The van der Waals surface area contributed by atoms with E-state index in [1.54, 1.807) is 4.90 Å². The lowest BCUT2D eigenvalue weighted by molar-refractivity contribution is 0.0786. The number of hydrogen-bond donors (Lipinski definition) is 0. The van der Waals surface area contributed by atoms with Crippen LogP contribution in [-0.2, 0) is 6.54 Å². The van der Waals surface area contributed by atoms with Crippen LogP contribution in [0.4, 0.5) is 0 Å². The Balaban J connectivity index is 2.12. The van der Waals surface area contributed by atoms with Crippen molar-refractivity contribution in [3.63, 3.8) is 0 Å². The fraction of sp³-hybridized carbons (Fsp3) is 0.267. The predicted molar refractivity (Wildman–Crippen MR) is 81.0 cm³/mol. The summed E-state index contributed by atoms with van der Waals surface area (Å²) >= 11 is 7.40. The fourth-order valence-electron chi connectivity index (χ4n) is 1.84. The summed E-state index contributed by atoms with van der Waals surface area (Å²) < 4.78 is 0.752. The standard InChI is InChI=1S/C15H16ClNOS/c1-10-4-5-12(8-11(10)2)15(18)17(3)9-13-6-7-14(16)19-13/h4-8H,9H2,1-3H3. The number of halogens is 1. The molecule has 0 saturated heterocycles. The van der Waals surface area contributed by atoms with Gasteiger partial charge in [-0.1, -0.05) is 17.7 Å². The molecule has 0 N–H and O–H groups in total. The van der Waals surface area contributed by atoms with Crippen LogP contribution in [0.1, 0.15) is 26.4 Å². The number of carbonyl (C=O) groups is 1. The molecule has 1 aromatic heterocycles. The van der Waals surface area contributed by atoms with Crippen molar-refractivity contribution in [1.29, 1.82) is 0 Å². The van der Waals surface area contributed by atoms with E-state index in [2.05, 4.69) is 0 Å². The highest BCUT2D eigenvalue weighted by Crippen LogP contribution is 2.23. The van der Waals surface area contributed by atoms with Gasteiger partial charge >= 0.3 is 0 Å². The van der Waals surface area contributed by atoms with Crippen molar-refractivity contribution in [1.82, 2.24) is 4.90 Å². The average molecular weight is 294 g/mol. The van der Waals surface area contributed by atoms with Crippen molar-refractivity contribution in [3.05, 3.63) is 56.2 Å². The molecule has 0 bridgehead atoms. The zero-order valence-corrected chi connectivity index (χ0v) is 12.8. The van der Waals surface area contributed by atoms with E-state index in [0.29, 0.717) is 6.54 Å². The van der Waals surface area contributed by atoms with Crippen LogP contribution in [0, 0.1) is 13.8 Å². The maximum absolute atomic E-state index is 12.3. The van der Waals surface area contributed by atoms with E-state index < -0.39 is 0 Å². The summed E-state index contributed by atoms with van der Waals surface area (Å²) in [6.07, 6.45) is 0. The summed E-state index contributed by atoms with van der Waals surface area (Å²) in [6.45, 7) is 4.65. The van der Waals surface area contributed by atoms with E-state index in [9.17, 15) is 4.79 Å². The van der Waals surface area contributed by atoms with Crippen LogP contribution in [-0.4, -0.2) is 17.9 Å². The molecular formula is C15H16ClNOS. The van der Waals surface area contributed by atoms with Gasteiger partial charge in [0.05, 0.1) is 10.9 Å². The number of thiophene rings is 1. The minimum atomic E-state index is 0.0348.